The Morgan fingerprint density at radius 1 is 1.26 bits per heavy atom. The quantitative estimate of drug-likeness (QED) is 0.848. The molecule has 0 aliphatic carbocycles. The summed E-state index contributed by atoms with van der Waals surface area (Å²) in [4.78, 5) is 16.8. The van der Waals surface area contributed by atoms with Crippen LogP contribution in [-0.2, 0) is 4.79 Å². The van der Waals surface area contributed by atoms with E-state index in [2.05, 4.69) is 15.6 Å². The molecule has 5 heteroatoms. The van der Waals surface area contributed by atoms with E-state index in [1.807, 2.05) is 43.3 Å². The Morgan fingerprint density at radius 3 is 2.74 bits per heavy atom. The van der Waals surface area contributed by atoms with Crippen molar-refractivity contribution in [1.82, 2.24) is 15.6 Å². The smallest absolute Gasteiger partial charge is 0.225 e. The molecule has 1 aliphatic rings. The van der Waals surface area contributed by atoms with Gasteiger partial charge in [-0.05, 0) is 24.1 Å². The van der Waals surface area contributed by atoms with Gasteiger partial charge in [-0.2, -0.15) is 0 Å². The van der Waals surface area contributed by atoms with Gasteiger partial charge in [0.1, 0.15) is 5.15 Å². The summed E-state index contributed by atoms with van der Waals surface area (Å²) in [5, 5.41) is 6.90. The van der Waals surface area contributed by atoms with E-state index in [4.69, 9.17) is 11.6 Å². The fraction of sp³-hybridized carbons (Fsp3) is 0.333. The van der Waals surface area contributed by atoms with E-state index in [0.717, 1.165) is 17.7 Å². The minimum Gasteiger partial charge on any atom is -0.349 e. The number of hydrogen-bond donors (Lipinski definition) is 2. The summed E-state index contributed by atoms with van der Waals surface area (Å²) in [5.41, 5.74) is 2.16. The van der Waals surface area contributed by atoms with Crippen LogP contribution in [-0.4, -0.2) is 24.0 Å². The number of benzene rings is 1. The second-order valence-corrected chi connectivity index (χ2v) is 6.31. The topological polar surface area (TPSA) is 54.0 Å². The van der Waals surface area contributed by atoms with Gasteiger partial charge in [0.15, 0.2) is 0 Å². The molecule has 2 heterocycles. The van der Waals surface area contributed by atoms with Crippen LogP contribution in [0.3, 0.4) is 0 Å². The molecule has 3 rings (SSSR count). The van der Waals surface area contributed by atoms with Crippen molar-refractivity contribution in [1.29, 1.82) is 0 Å². The molecule has 2 N–H and O–H groups in total. The van der Waals surface area contributed by atoms with E-state index in [0.29, 0.717) is 11.7 Å². The molecule has 2 aromatic rings. The molecule has 0 spiro atoms. The van der Waals surface area contributed by atoms with Crippen LogP contribution < -0.4 is 10.6 Å². The van der Waals surface area contributed by atoms with Crippen molar-refractivity contribution in [3.05, 3.63) is 64.9 Å². The summed E-state index contributed by atoms with van der Waals surface area (Å²) < 4.78 is 0. The van der Waals surface area contributed by atoms with Gasteiger partial charge >= 0.3 is 0 Å². The van der Waals surface area contributed by atoms with Gasteiger partial charge in [-0.25, -0.2) is 4.98 Å². The van der Waals surface area contributed by atoms with Gasteiger partial charge in [0.2, 0.25) is 5.91 Å². The zero-order valence-corrected chi connectivity index (χ0v) is 13.8. The van der Waals surface area contributed by atoms with Crippen molar-refractivity contribution in [2.24, 2.45) is 5.92 Å². The number of rotatable bonds is 4. The second kappa shape index (κ2) is 7.11. The van der Waals surface area contributed by atoms with Crippen molar-refractivity contribution in [3.63, 3.8) is 0 Å². The highest BCUT2D eigenvalue weighted by molar-refractivity contribution is 6.29. The summed E-state index contributed by atoms with van der Waals surface area (Å²) in [7, 11) is 0. The third-order valence-electron chi connectivity index (χ3n) is 4.39. The number of amides is 1. The van der Waals surface area contributed by atoms with Crippen molar-refractivity contribution < 1.29 is 4.79 Å². The second-order valence-electron chi connectivity index (χ2n) is 5.93. The summed E-state index contributed by atoms with van der Waals surface area (Å²) in [6, 6.07) is 13.7. The molecule has 1 aliphatic heterocycles. The van der Waals surface area contributed by atoms with E-state index in [9.17, 15) is 4.79 Å². The molecule has 120 valence electrons. The Kier molecular flexibility index (Phi) is 4.94. The van der Waals surface area contributed by atoms with Crippen LogP contribution in [0.5, 0.6) is 0 Å². The van der Waals surface area contributed by atoms with Crippen molar-refractivity contribution >= 4 is 17.5 Å². The Hall–Kier alpha value is -1.91. The number of carbonyl (C=O) groups is 1. The molecule has 1 saturated heterocycles. The molecule has 1 fully saturated rings. The molecule has 0 unspecified atom stereocenters. The lowest BCUT2D eigenvalue weighted by atomic mass is 9.89. The first-order valence-corrected chi connectivity index (χ1v) is 8.20. The average molecular weight is 330 g/mol. The monoisotopic (exact) mass is 329 g/mol. The SMILES string of the molecule is C[C@H](NC(=O)[C@@H]1CNC[C@H]1c1ccc(Cl)nc1)c1ccccc1. The van der Waals surface area contributed by atoms with Crippen molar-refractivity contribution in [2.75, 3.05) is 13.1 Å². The van der Waals surface area contributed by atoms with Gasteiger partial charge < -0.3 is 10.6 Å². The van der Waals surface area contributed by atoms with Gasteiger partial charge in [0.25, 0.3) is 0 Å². The van der Waals surface area contributed by atoms with E-state index in [1.165, 1.54) is 0 Å². The molecule has 3 atom stereocenters. The van der Waals surface area contributed by atoms with Crippen LogP contribution in [0.2, 0.25) is 5.15 Å². The number of hydrogen-bond acceptors (Lipinski definition) is 3. The highest BCUT2D eigenvalue weighted by Gasteiger charge is 2.34. The molecule has 1 amide bonds. The lowest BCUT2D eigenvalue weighted by Crippen LogP contribution is -2.36. The number of pyridine rings is 1. The minimum absolute atomic E-state index is 0.00621. The number of aromatic nitrogens is 1. The van der Waals surface area contributed by atoms with Crippen LogP contribution in [0, 0.1) is 5.92 Å². The van der Waals surface area contributed by atoms with Crippen molar-refractivity contribution in [2.45, 2.75) is 18.9 Å². The van der Waals surface area contributed by atoms with E-state index in [-0.39, 0.29) is 23.8 Å². The lowest BCUT2D eigenvalue weighted by Gasteiger charge is -2.21. The Labute approximate surface area is 141 Å². The molecular formula is C18H20ClN3O. The average Bonchev–Trinajstić information content (AvgIpc) is 3.06. The first-order valence-electron chi connectivity index (χ1n) is 7.82. The zero-order chi connectivity index (χ0) is 16.2. The van der Waals surface area contributed by atoms with Gasteiger partial charge in [-0.3, -0.25) is 4.79 Å². The fourth-order valence-corrected chi connectivity index (χ4v) is 3.17. The largest absolute Gasteiger partial charge is 0.349 e. The fourth-order valence-electron chi connectivity index (χ4n) is 3.06. The highest BCUT2D eigenvalue weighted by Crippen LogP contribution is 2.29. The van der Waals surface area contributed by atoms with E-state index >= 15 is 0 Å². The maximum Gasteiger partial charge on any atom is 0.225 e. The Morgan fingerprint density at radius 2 is 2.04 bits per heavy atom. The molecule has 4 nitrogen and oxygen atoms in total. The van der Waals surface area contributed by atoms with Gasteiger partial charge in [0.05, 0.1) is 12.0 Å². The van der Waals surface area contributed by atoms with Crippen LogP contribution in [0.15, 0.2) is 48.7 Å². The van der Waals surface area contributed by atoms with Crippen molar-refractivity contribution in [3.8, 4) is 0 Å². The minimum atomic E-state index is -0.0934. The third kappa shape index (κ3) is 3.71. The third-order valence-corrected chi connectivity index (χ3v) is 4.61. The number of carbonyl (C=O) groups excluding carboxylic acids is 1. The molecule has 0 radical (unpaired) electrons. The Bertz CT molecular complexity index is 660. The number of halogens is 1. The van der Waals surface area contributed by atoms with Crippen LogP contribution in [0.25, 0.3) is 0 Å². The molecule has 0 saturated carbocycles. The number of nitrogens with zero attached hydrogens (tertiary/aromatic N) is 1. The number of nitrogens with one attached hydrogen (secondary N) is 2. The normalized spacial score (nSPS) is 21.8. The summed E-state index contributed by atoms with van der Waals surface area (Å²) in [6.45, 7) is 3.47. The predicted octanol–water partition coefficient (Wildman–Crippen LogP) is 2.92. The standard InChI is InChI=1S/C18H20ClN3O/c1-12(13-5-3-2-4-6-13)22-18(23)16-11-20-10-15(16)14-7-8-17(19)21-9-14/h2-9,12,15-16,20H,10-11H2,1H3,(H,22,23)/t12-,15-,16+/m0/s1. The highest BCUT2D eigenvalue weighted by atomic mass is 35.5. The summed E-state index contributed by atoms with van der Waals surface area (Å²) >= 11 is 5.85. The van der Waals surface area contributed by atoms with Crippen LogP contribution >= 0.6 is 11.6 Å². The lowest BCUT2D eigenvalue weighted by molar-refractivity contribution is -0.125. The zero-order valence-electron chi connectivity index (χ0n) is 13.0. The van der Waals surface area contributed by atoms with Gasteiger partial charge in [-0.15, -0.1) is 0 Å². The van der Waals surface area contributed by atoms with E-state index < -0.39 is 0 Å². The molecule has 1 aromatic heterocycles. The van der Waals surface area contributed by atoms with Gasteiger partial charge in [0, 0.05) is 25.2 Å². The summed E-state index contributed by atoms with van der Waals surface area (Å²) in [6.07, 6.45) is 1.76. The maximum atomic E-state index is 12.7. The first-order chi connectivity index (χ1) is 11.1. The molecular weight excluding hydrogens is 310 g/mol. The van der Waals surface area contributed by atoms with Crippen LogP contribution in [0.1, 0.15) is 30.0 Å². The maximum absolute atomic E-state index is 12.7. The van der Waals surface area contributed by atoms with E-state index in [1.54, 1.807) is 12.3 Å². The summed E-state index contributed by atoms with van der Waals surface area (Å²) in [5.74, 6) is 0.109. The van der Waals surface area contributed by atoms with Crippen LogP contribution in [0.4, 0.5) is 0 Å². The predicted molar refractivity (Wildman–Crippen MR) is 91.3 cm³/mol. The first kappa shape index (κ1) is 16.0. The molecule has 23 heavy (non-hydrogen) atoms. The Balaban J connectivity index is 1.69. The molecule has 1 aromatic carbocycles. The van der Waals surface area contributed by atoms with Gasteiger partial charge in [-0.1, -0.05) is 48.0 Å². The molecule has 0 bridgehead atoms.